The summed E-state index contributed by atoms with van der Waals surface area (Å²) in [7, 11) is 0.349. The number of rotatable bonds is 8. The first kappa shape index (κ1) is 17.7. The quantitative estimate of drug-likeness (QED) is 0.452. The van der Waals surface area contributed by atoms with Crippen LogP contribution in [0.4, 0.5) is 0 Å². The molecule has 0 fully saturated rings. The lowest BCUT2D eigenvalue weighted by Gasteiger charge is -2.24. The van der Waals surface area contributed by atoms with Crippen molar-refractivity contribution in [2.24, 2.45) is 0 Å². The van der Waals surface area contributed by atoms with E-state index in [1.54, 1.807) is 0 Å². The zero-order valence-corrected chi connectivity index (χ0v) is 14.2. The Kier molecular flexibility index (Phi) is 13.6. The molecular weight excluding hydrogens is 220 g/mol. The molecule has 0 saturated carbocycles. The third kappa shape index (κ3) is 11.3. The number of unbranched alkanes of at least 4 members (excludes halogenated alkanes) is 4. The Bertz CT molecular complexity index is 118. The third-order valence-corrected chi connectivity index (χ3v) is 10.7. The van der Waals surface area contributed by atoms with Crippen LogP contribution in [-0.4, -0.2) is 26.8 Å². The maximum atomic E-state index is 2.51. The van der Waals surface area contributed by atoms with E-state index in [2.05, 4.69) is 25.8 Å². The molecule has 0 aromatic rings. The molecule has 0 rings (SSSR count). The van der Waals surface area contributed by atoms with Gasteiger partial charge in [-0.2, -0.15) is 5.05 Å². The van der Waals surface area contributed by atoms with Crippen molar-refractivity contribution < 1.29 is 0 Å². The van der Waals surface area contributed by atoms with Crippen LogP contribution < -0.4 is 0 Å². The van der Waals surface area contributed by atoms with Gasteiger partial charge in [-0.1, -0.05) is 71.5 Å². The molecule has 0 saturated heterocycles. The first-order chi connectivity index (χ1) is 6.12. The highest BCUT2D eigenvalue weighted by molar-refractivity contribution is 7.01. The van der Waals surface area contributed by atoms with Gasteiger partial charge in [-0.15, -0.1) is 12.4 Å². The molecule has 0 spiro atoms. The van der Waals surface area contributed by atoms with Gasteiger partial charge in [0.2, 0.25) is 0 Å². The fourth-order valence-electron chi connectivity index (χ4n) is 2.01. The summed E-state index contributed by atoms with van der Waals surface area (Å²) in [5.74, 6) is 0. The topological polar surface area (TPSA) is 0 Å². The molecule has 0 amide bonds. The number of hydrogen-bond donors (Lipinski definition) is 0. The molecule has 0 nitrogen and oxygen atoms in total. The summed E-state index contributed by atoms with van der Waals surface area (Å²) < 4.78 is 0. The normalized spacial score (nSPS) is 11.4. The van der Waals surface area contributed by atoms with E-state index in [1.807, 2.05) is 0 Å². The Hall–Kier alpha value is 1.27. The van der Waals surface area contributed by atoms with Crippen molar-refractivity contribution in [3.63, 3.8) is 0 Å². The molecule has 84 valence electrons. The molecule has 0 aromatic heterocycles. The summed E-state index contributed by atoms with van der Waals surface area (Å²) in [6, 6.07) is 0. The molecule has 0 atom stereocenters. The highest BCUT2D eigenvalue weighted by atomic mass is 35.5. The fourth-order valence-corrected chi connectivity index (χ4v) is 8.67. The van der Waals surface area contributed by atoms with Crippen LogP contribution in [0.2, 0.25) is 10.1 Å². The summed E-state index contributed by atoms with van der Waals surface area (Å²) in [4.78, 5) is 0. The van der Waals surface area contributed by atoms with Crippen LogP contribution in [0.1, 0.15) is 59.3 Å². The van der Waals surface area contributed by atoms with Gasteiger partial charge in [-0.3, -0.25) is 0 Å². The number of halogens is 1. The van der Waals surface area contributed by atoms with Crippen LogP contribution in [0, 0.1) is 0 Å². The Balaban J connectivity index is 0. The molecule has 0 aliphatic rings. The Labute approximate surface area is 108 Å². The molecule has 0 bridgehead atoms. The molecule has 0 aliphatic heterocycles. The average molecular weight is 247 g/mol. The van der Waals surface area contributed by atoms with Crippen LogP contribution in [0.25, 0.3) is 0 Å². The lowest BCUT2D eigenvalue weighted by molar-refractivity contribution is 0.532. The van der Waals surface area contributed by atoms with Gasteiger partial charge >= 0.3 is 19.6 Å². The third-order valence-electron chi connectivity index (χ3n) is 2.88. The molecule has 0 radical (unpaired) electrons. The first-order valence-corrected chi connectivity index (χ1v) is 12.2. The minimum atomic E-state index is 0. The fraction of sp³-hybridized carbons (Fsp3) is 1.00. The molecule has 14 heavy (non-hydrogen) atoms. The van der Waals surface area contributed by atoms with Crippen LogP contribution in [-0.2, 0) is 0 Å². The van der Waals surface area contributed by atoms with Crippen LogP contribution >= 0.6 is 12.4 Å². The molecule has 0 unspecified atom stereocenters. The zero-order chi connectivity index (χ0) is 10.2. The number of hydrogen-bond acceptors (Lipinski definition) is 0. The second kappa shape index (κ2) is 10.8. The predicted octanol–water partition coefficient (Wildman–Crippen LogP) is 3.80. The summed E-state index contributed by atoms with van der Waals surface area (Å²) in [6.45, 7) is 7.31. The highest BCUT2D eigenvalue weighted by Gasteiger charge is 2.15. The monoisotopic (exact) mass is 246 g/mol. The summed E-state index contributed by atoms with van der Waals surface area (Å²) in [6.07, 6.45) is 8.78. The predicted molar refractivity (Wildman–Crippen MR) is 74.8 cm³/mol. The summed E-state index contributed by atoms with van der Waals surface area (Å²) in [5.41, 5.74) is 0. The van der Waals surface area contributed by atoms with E-state index in [9.17, 15) is 0 Å². The van der Waals surface area contributed by atoms with E-state index < -0.39 is 0 Å². The van der Waals surface area contributed by atoms with Crippen molar-refractivity contribution in [1.82, 2.24) is 0 Å². The second-order valence-electron chi connectivity index (χ2n) is 5.08. The maximum absolute atomic E-state index is 2.51. The van der Waals surface area contributed by atoms with Crippen molar-refractivity contribution in [3.05, 3.63) is 0 Å². The van der Waals surface area contributed by atoms with Crippen molar-refractivity contribution in [1.29, 1.82) is 0 Å². The van der Waals surface area contributed by atoms with Gasteiger partial charge in [0.1, 0.15) is 0 Å². The Morgan fingerprint density at radius 2 is 1.64 bits per heavy atom. The standard InChI is InChI=1S/C10H23Si.CH3.ClH.Mg/c1-4-5-6-7-8-9-10(2,3)11;;;/h4-9,11H2,1-3H3;1H3;1H;. The van der Waals surface area contributed by atoms with Crippen molar-refractivity contribution in [2.75, 3.05) is 0 Å². The van der Waals surface area contributed by atoms with Crippen LogP contribution in [0.15, 0.2) is 0 Å². The SMILES string of the molecule is CCCCCCCC(C)(C)[SiH2][Mg][CH3].Cl. The van der Waals surface area contributed by atoms with E-state index in [-0.39, 0.29) is 12.4 Å². The lowest BCUT2D eigenvalue weighted by atomic mass is 10.0. The lowest BCUT2D eigenvalue weighted by Crippen LogP contribution is -2.17. The first-order valence-electron chi connectivity index (χ1n) is 6.12. The van der Waals surface area contributed by atoms with Crippen molar-refractivity contribution in [3.8, 4) is 0 Å². The maximum Gasteiger partial charge on any atom is 0.351 e. The smallest absolute Gasteiger partial charge is 0.160 e. The van der Waals surface area contributed by atoms with E-state index in [0.717, 1.165) is 5.04 Å². The molecule has 0 aliphatic carbocycles. The minimum Gasteiger partial charge on any atom is -0.160 e. The molecule has 3 heteroatoms. The minimum absolute atomic E-state index is 0. The van der Waals surface area contributed by atoms with Crippen molar-refractivity contribution >= 4 is 39.2 Å². The summed E-state index contributed by atoms with van der Waals surface area (Å²) in [5, 5.41) is 3.29. The van der Waals surface area contributed by atoms with Gasteiger partial charge < -0.3 is 0 Å². The Morgan fingerprint density at radius 3 is 2.14 bits per heavy atom. The van der Waals surface area contributed by atoms with Crippen molar-refractivity contribution in [2.45, 2.75) is 69.4 Å². The largest absolute Gasteiger partial charge is 0.351 e. The van der Waals surface area contributed by atoms with E-state index in [0.29, 0.717) is 26.8 Å². The molecule has 0 N–H and O–H groups in total. The highest BCUT2D eigenvalue weighted by Crippen LogP contribution is 2.29. The molecule has 0 heterocycles. The molecular formula is C11H27ClMgSi. The van der Waals surface area contributed by atoms with Gasteiger partial charge in [0.15, 0.2) is 0 Å². The van der Waals surface area contributed by atoms with Gasteiger partial charge in [0, 0.05) is 0 Å². The second-order valence-corrected chi connectivity index (χ2v) is 13.0. The average Bonchev–Trinajstić information content (AvgIpc) is 2.04. The summed E-state index contributed by atoms with van der Waals surface area (Å²) >= 11 is 0.405. The van der Waals surface area contributed by atoms with E-state index in [4.69, 9.17) is 0 Å². The van der Waals surface area contributed by atoms with Gasteiger partial charge in [-0.25, -0.2) is 0 Å². The van der Waals surface area contributed by atoms with Gasteiger partial charge in [-0.05, 0) is 0 Å². The van der Waals surface area contributed by atoms with Gasteiger partial charge in [0.25, 0.3) is 0 Å². The van der Waals surface area contributed by atoms with Crippen LogP contribution in [0.3, 0.4) is 0 Å². The molecule has 0 aromatic carbocycles. The van der Waals surface area contributed by atoms with E-state index in [1.165, 1.54) is 38.5 Å². The zero-order valence-electron chi connectivity index (χ0n) is 10.6. The van der Waals surface area contributed by atoms with E-state index >= 15 is 0 Å². The Morgan fingerprint density at radius 1 is 1.07 bits per heavy atom. The van der Waals surface area contributed by atoms with Gasteiger partial charge in [0.05, 0.1) is 0 Å². The van der Waals surface area contributed by atoms with Crippen LogP contribution in [0.5, 0.6) is 0 Å².